The van der Waals surface area contributed by atoms with Crippen molar-refractivity contribution in [1.82, 2.24) is 9.97 Å². The lowest BCUT2D eigenvalue weighted by atomic mass is 9.96. The average molecular weight is 291 g/mol. The van der Waals surface area contributed by atoms with Gasteiger partial charge < -0.3 is 10.2 Å². The smallest absolute Gasteiger partial charge is 0.353 e. The third-order valence-electron chi connectivity index (χ3n) is 4.74. The second-order valence-electron chi connectivity index (χ2n) is 5.85. The van der Waals surface area contributed by atoms with Gasteiger partial charge in [-0.05, 0) is 31.6 Å². The zero-order valence-corrected chi connectivity index (χ0v) is 12.3. The molecule has 0 radical (unpaired) electrons. The van der Waals surface area contributed by atoms with Crippen molar-refractivity contribution in [2.24, 2.45) is 5.92 Å². The minimum absolute atomic E-state index is 0.00453. The highest BCUT2D eigenvalue weighted by atomic mass is 16.6. The third-order valence-corrected chi connectivity index (χ3v) is 4.74. The van der Waals surface area contributed by atoms with Gasteiger partial charge in [-0.3, -0.25) is 10.1 Å². The maximum Gasteiger partial charge on any atom is 0.353 e. The van der Waals surface area contributed by atoms with Crippen LogP contribution in [0.3, 0.4) is 0 Å². The molecule has 114 valence electrons. The quantitative estimate of drug-likeness (QED) is 0.678. The maximum absolute atomic E-state index is 11.4. The van der Waals surface area contributed by atoms with Crippen LogP contribution in [0.25, 0.3) is 0 Å². The standard InChI is InChI=1S/C14H21N5O2/c1-15-13-12(19(20)21)14(17-9-16-13)18-8-4-7-11(18)10-5-2-3-6-10/h9-11H,2-8H2,1H3,(H,15,16,17). The van der Waals surface area contributed by atoms with Gasteiger partial charge in [0.15, 0.2) is 0 Å². The van der Waals surface area contributed by atoms with E-state index < -0.39 is 0 Å². The molecule has 0 amide bonds. The topological polar surface area (TPSA) is 84.2 Å². The first kappa shape index (κ1) is 14.0. The largest absolute Gasteiger partial charge is 0.367 e. The highest BCUT2D eigenvalue weighted by Crippen LogP contribution is 2.41. The monoisotopic (exact) mass is 291 g/mol. The van der Waals surface area contributed by atoms with E-state index in [0.717, 1.165) is 19.4 Å². The highest BCUT2D eigenvalue weighted by molar-refractivity contribution is 5.70. The van der Waals surface area contributed by atoms with Crippen LogP contribution < -0.4 is 10.2 Å². The van der Waals surface area contributed by atoms with Crippen LogP contribution in [0.1, 0.15) is 38.5 Å². The normalized spacial score (nSPS) is 22.7. The van der Waals surface area contributed by atoms with Gasteiger partial charge in [0.1, 0.15) is 6.33 Å². The summed E-state index contributed by atoms with van der Waals surface area (Å²) >= 11 is 0. The third kappa shape index (κ3) is 2.52. The van der Waals surface area contributed by atoms with Crippen molar-refractivity contribution in [2.45, 2.75) is 44.6 Å². The number of nitro groups is 1. The van der Waals surface area contributed by atoms with Crippen LogP contribution in [-0.4, -0.2) is 34.5 Å². The number of hydrogen-bond donors (Lipinski definition) is 1. The van der Waals surface area contributed by atoms with E-state index in [1.807, 2.05) is 0 Å². The number of anilines is 2. The molecule has 1 saturated carbocycles. The van der Waals surface area contributed by atoms with Crippen LogP contribution in [-0.2, 0) is 0 Å². The van der Waals surface area contributed by atoms with Gasteiger partial charge in [-0.25, -0.2) is 9.97 Å². The fourth-order valence-electron chi connectivity index (χ4n) is 3.82. The fraction of sp³-hybridized carbons (Fsp3) is 0.714. The number of nitrogens with one attached hydrogen (secondary N) is 1. The number of aromatic nitrogens is 2. The Bertz CT molecular complexity index is 530. The lowest BCUT2D eigenvalue weighted by molar-refractivity contribution is -0.383. The van der Waals surface area contributed by atoms with E-state index in [1.54, 1.807) is 7.05 Å². The van der Waals surface area contributed by atoms with E-state index >= 15 is 0 Å². The van der Waals surface area contributed by atoms with Gasteiger partial charge in [0.2, 0.25) is 11.6 Å². The van der Waals surface area contributed by atoms with Gasteiger partial charge in [0.05, 0.1) is 4.92 Å². The SMILES string of the molecule is CNc1ncnc(N2CCCC2C2CCCC2)c1[N+](=O)[O-]. The summed E-state index contributed by atoms with van der Waals surface area (Å²) in [6.07, 6.45) is 8.64. The van der Waals surface area contributed by atoms with E-state index in [4.69, 9.17) is 0 Å². The molecule has 2 fully saturated rings. The van der Waals surface area contributed by atoms with E-state index in [2.05, 4.69) is 20.2 Å². The Hall–Kier alpha value is -1.92. The molecule has 1 aromatic rings. The summed E-state index contributed by atoms with van der Waals surface area (Å²) in [5, 5.41) is 14.3. The van der Waals surface area contributed by atoms with Crippen LogP contribution in [0.15, 0.2) is 6.33 Å². The molecule has 21 heavy (non-hydrogen) atoms. The predicted octanol–water partition coefficient (Wildman–Crippen LogP) is 2.59. The van der Waals surface area contributed by atoms with Crippen molar-refractivity contribution in [3.05, 3.63) is 16.4 Å². The summed E-state index contributed by atoms with van der Waals surface area (Å²) in [4.78, 5) is 21.5. The van der Waals surface area contributed by atoms with Crippen LogP contribution in [0.5, 0.6) is 0 Å². The van der Waals surface area contributed by atoms with Crippen LogP contribution in [0.2, 0.25) is 0 Å². The first-order valence-corrected chi connectivity index (χ1v) is 7.66. The summed E-state index contributed by atoms with van der Waals surface area (Å²) in [5.74, 6) is 1.43. The molecule has 2 heterocycles. The number of rotatable bonds is 4. The second-order valence-corrected chi connectivity index (χ2v) is 5.85. The van der Waals surface area contributed by atoms with E-state index in [9.17, 15) is 10.1 Å². The van der Waals surface area contributed by atoms with Crippen LogP contribution in [0, 0.1) is 16.0 Å². The fourth-order valence-corrected chi connectivity index (χ4v) is 3.82. The molecular weight excluding hydrogens is 270 g/mol. The van der Waals surface area contributed by atoms with Gasteiger partial charge in [0, 0.05) is 19.6 Å². The van der Waals surface area contributed by atoms with Crippen molar-refractivity contribution in [1.29, 1.82) is 0 Å². The van der Waals surface area contributed by atoms with Gasteiger partial charge in [-0.2, -0.15) is 0 Å². The van der Waals surface area contributed by atoms with Crippen LogP contribution in [0.4, 0.5) is 17.3 Å². The van der Waals surface area contributed by atoms with E-state index in [1.165, 1.54) is 32.0 Å². The van der Waals surface area contributed by atoms with E-state index in [0.29, 0.717) is 23.6 Å². The van der Waals surface area contributed by atoms with Crippen molar-refractivity contribution >= 4 is 17.3 Å². The van der Waals surface area contributed by atoms with Crippen molar-refractivity contribution in [3.8, 4) is 0 Å². The maximum atomic E-state index is 11.4. The van der Waals surface area contributed by atoms with E-state index in [-0.39, 0.29) is 10.6 Å². The predicted molar refractivity (Wildman–Crippen MR) is 80.6 cm³/mol. The summed E-state index contributed by atoms with van der Waals surface area (Å²) in [6.45, 7) is 0.849. The van der Waals surface area contributed by atoms with Crippen LogP contribution >= 0.6 is 0 Å². The lowest BCUT2D eigenvalue weighted by Gasteiger charge is -2.30. The number of nitrogens with zero attached hydrogens (tertiary/aromatic N) is 4. The molecule has 1 N–H and O–H groups in total. The molecule has 1 aliphatic carbocycles. The Morgan fingerprint density at radius 1 is 1.29 bits per heavy atom. The van der Waals surface area contributed by atoms with Gasteiger partial charge >= 0.3 is 5.69 Å². The van der Waals surface area contributed by atoms with Gasteiger partial charge in [-0.15, -0.1) is 0 Å². The molecule has 1 saturated heterocycles. The molecule has 1 aliphatic heterocycles. The Balaban J connectivity index is 1.96. The van der Waals surface area contributed by atoms with Gasteiger partial charge in [0.25, 0.3) is 0 Å². The molecule has 1 aromatic heterocycles. The molecule has 2 aliphatic rings. The Kier molecular flexibility index (Phi) is 3.90. The average Bonchev–Trinajstić information content (AvgIpc) is 3.16. The molecule has 7 nitrogen and oxygen atoms in total. The zero-order valence-electron chi connectivity index (χ0n) is 12.3. The first-order chi connectivity index (χ1) is 10.2. The van der Waals surface area contributed by atoms with Crippen molar-refractivity contribution in [3.63, 3.8) is 0 Å². The first-order valence-electron chi connectivity index (χ1n) is 7.66. The molecule has 3 rings (SSSR count). The Morgan fingerprint density at radius 2 is 2.05 bits per heavy atom. The van der Waals surface area contributed by atoms with Crippen molar-refractivity contribution < 1.29 is 4.92 Å². The number of hydrogen-bond acceptors (Lipinski definition) is 6. The molecule has 0 aromatic carbocycles. The second kappa shape index (κ2) is 5.83. The summed E-state index contributed by atoms with van der Waals surface area (Å²) in [6, 6.07) is 0.394. The lowest BCUT2D eigenvalue weighted by Crippen LogP contribution is -2.35. The molecule has 1 atom stereocenters. The zero-order chi connectivity index (χ0) is 14.8. The summed E-state index contributed by atoms with van der Waals surface area (Å²) < 4.78 is 0. The molecule has 0 bridgehead atoms. The minimum atomic E-state index is -0.370. The summed E-state index contributed by atoms with van der Waals surface area (Å²) in [5.41, 5.74) is 0.00453. The molecular formula is C14H21N5O2. The molecule has 7 heteroatoms. The Labute approximate surface area is 123 Å². The van der Waals surface area contributed by atoms with Gasteiger partial charge in [-0.1, -0.05) is 12.8 Å². The minimum Gasteiger partial charge on any atom is -0.367 e. The summed E-state index contributed by atoms with van der Waals surface area (Å²) in [7, 11) is 1.65. The Morgan fingerprint density at radius 3 is 2.71 bits per heavy atom. The molecule has 1 unspecified atom stereocenters. The highest BCUT2D eigenvalue weighted by Gasteiger charge is 2.38. The molecule has 0 spiro atoms. The van der Waals surface area contributed by atoms with Crippen molar-refractivity contribution in [2.75, 3.05) is 23.8 Å².